The van der Waals surface area contributed by atoms with Crippen molar-refractivity contribution in [3.63, 3.8) is 0 Å². The number of hydrogen-bond acceptors (Lipinski definition) is 9. The van der Waals surface area contributed by atoms with Crippen molar-refractivity contribution in [1.29, 1.82) is 0 Å². The zero-order valence-corrected chi connectivity index (χ0v) is 32.9. The maximum absolute atomic E-state index is 12.5. The largest absolute Gasteiger partial charge is 0.472 e. The molecule has 1 unspecified atom stereocenters. The Bertz CT molecular complexity index is 1100. The highest BCUT2D eigenvalue weighted by Crippen LogP contribution is 2.43. The third-order valence-corrected chi connectivity index (χ3v) is 8.55. The van der Waals surface area contributed by atoms with Gasteiger partial charge in [0.25, 0.3) is 0 Å². The summed E-state index contributed by atoms with van der Waals surface area (Å²) in [7, 11) is -4.63. The van der Waals surface area contributed by atoms with E-state index in [0.29, 0.717) is 19.3 Å². The molecule has 0 aromatic rings. The van der Waals surface area contributed by atoms with Gasteiger partial charge in [-0.1, -0.05) is 119 Å². The zero-order chi connectivity index (χ0) is 38.4. The van der Waals surface area contributed by atoms with E-state index in [9.17, 15) is 24.2 Å². The number of unbranched alkanes of at least 4 members (excludes halogenated alkanes) is 9. The van der Waals surface area contributed by atoms with Gasteiger partial charge in [-0.25, -0.2) is 4.57 Å². The molecule has 0 aliphatic rings. The number of phosphoric ester groups is 1. The van der Waals surface area contributed by atoms with Gasteiger partial charge in [0, 0.05) is 12.8 Å². The SMILES string of the molecule is CC/C=C\C/C=C\C/C=C\C/C=C\C/C=C\CCCC(=O)O[C@H](COC(=O)CCCCCCC/C=C\CCCCC)COP(=O)(O)OC[C@@H](O)CO. The number of carbonyl (C=O) groups excluding carboxylic acids is 2. The molecule has 0 saturated carbocycles. The highest BCUT2D eigenvalue weighted by molar-refractivity contribution is 7.47. The molecule has 0 amide bonds. The number of rotatable bonds is 35. The summed E-state index contributed by atoms with van der Waals surface area (Å²) in [6.45, 7) is 2.13. The first kappa shape index (κ1) is 49.4. The van der Waals surface area contributed by atoms with E-state index in [4.69, 9.17) is 19.1 Å². The highest BCUT2D eigenvalue weighted by Gasteiger charge is 2.27. The average molecular weight is 753 g/mol. The minimum atomic E-state index is -4.63. The van der Waals surface area contributed by atoms with Crippen molar-refractivity contribution in [3.05, 3.63) is 72.9 Å². The smallest absolute Gasteiger partial charge is 0.462 e. The van der Waals surface area contributed by atoms with Gasteiger partial charge < -0.3 is 24.6 Å². The first-order chi connectivity index (χ1) is 25.2. The van der Waals surface area contributed by atoms with E-state index in [0.717, 1.165) is 70.6 Å². The van der Waals surface area contributed by atoms with E-state index in [-0.39, 0.29) is 19.4 Å². The number of aliphatic hydroxyl groups excluding tert-OH is 2. The van der Waals surface area contributed by atoms with Crippen LogP contribution in [0, 0.1) is 0 Å². The maximum Gasteiger partial charge on any atom is 0.472 e. The minimum absolute atomic E-state index is 0.101. The second-order valence-electron chi connectivity index (χ2n) is 12.6. The van der Waals surface area contributed by atoms with Crippen molar-refractivity contribution in [1.82, 2.24) is 0 Å². The van der Waals surface area contributed by atoms with Crippen molar-refractivity contribution >= 4 is 19.8 Å². The average Bonchev–Trinajstić information content (AvgIpc) is 3.13. The Kier molecular flexibility index (Phi) is 34.9. The summed E-state index contributed by atoms with van der Waals surface area (Å²) < 4.78 is 32.5. The van der Waals surface area contributed by atoms with Gasteiger partial charge in [-0.2, -0.15) is 0 Å². The lowest BCUT2D eigenvalue weighted by molar-refractivity contribution is -0.161. The van der Waals surface area contributed by atoms with Gasteiger partial charge in [0.05, 0.1) is 19.8 Å². The van der Waals surface area contributed by atoms with Gasteiger partial charge in [0.15, 0.2) is 6.10 Å². The molecule has 0 radical (unpaired) electrons. The molecular formula is C41H69O10P. The van der Waals surface area contributed by atoms with Gasteiger partial charge in [-0.05, 0) is 77.0 Å². The first-order valence-electron chi connectivity index (χ1n) is 19.4. The van der Waals surface area contributed by atoms with Crippen LogP contribution in [0.4, 0.5) is 0 Å². The Balaban J connectivity index is 4.50. The number of allylic oxidation sites excluding steroid dienone is 12. The topological polar surface area (TPSA) is 149 Å². The van der Waals surface area contributed by atoms with E-state index in [1.165, 1.54) is 19.3 Å². The molecule has 52 heavy (non-hydrogen) atoms. The number of aliphatic hydroxyl groups is 2. The molecular weight excluding hydrogens is 683 g/mol. The Morgan fingerprint density at radius 1 is 0.596 bits per heavy atom. The predicted octanol–water partition coefficient (Wildman–Crippen LogP) is 9.72. The fraction of sp³-hybridized carbons (Fsp3) is 0.659. The molecule has 0 aromatic heterocycles. The van der Waals surface area contributed by atoms with Gasteiger partial charge >= 0.3 is 19.8 Å². The Morgan fingerprint density at radius 3 is 1.67 bits per heavy atom. The van der Waals surface area contributed by atoms with Crippen LogP contribution in [-0.4, -0.2) is 65.7 Å². The fourth-order valence-corrected chi connectivity index (χ4v) is 5.40. The molecule has 298 valence electrons. The van der Waals surface area contributed by atoms with Crippen molar-refractivity contribution in [3.8, 4) is 0 Å². The molecule has 11 heteroatoms. The number of phosphoric acid groups is 1. The summed E-state index contributed by atoms with van der Waals surface area (Å²) in [5.74, 6) is -1.01. The van der Waals surface area contributed by atoms with E-state index in [1.54, 1.807) is 0 Å². The maximum atomic E-state index is 12.5. The molecule has 0 aromatic carbocycles. The molecule has 10 nitrogen and oxygen atoms in total. The van der Waals surface area contributed by atoms with E-state index in [2.05, 4.69) is 79.1 Å². The highest BCUT2D eigenvalue weighted by atomic mass is 31.2. The van der Waals surface area contributed by atoms with Crippen LogP contribution in [0.3, 0.4) is 0 Å². The van der Waals surface area contributed by atoms with Crippen molar-refractivity contribution in [2.45, 2.75) is 148 Å². The van der Waals surface area contributed by atoms with Gasteiger partial charge in [0.1, 0.15) is 12.7 Å². The summed E-state index contributed by atoms with van der Waals surface area (Å²) in [6, 6.07) is 0. The Labute approximate surface area is 314 Å². The molecule has 0 aliphatic carbocycles. The second kappa shape index (κ2) is 36.8. The molecule has 0 bridgehead atoms. The first-order valence-corrected chi connectivity index (χ1v) is 20.9. The minimum Gasteiger partial charge on any atom is -0.462 e. The quantitative estimate of drug-likeness (QED) is 0.0247. The molecule has 3 N–H and O–H groups in total. The van der Waals surface area contributed by atoms with Gasteiger partial charge in [-0.15, -0.1) is 0 Å². The lowest BCUT2D eigenvalue weighted by atomic mass is 10.1. The van der Waals surface area contributed by atoms with Crippen LogP contribution in [0.5, 0.6) is 0 Å². The molecule has 0 heterocycles. The summed E-state index contributed by atoms with van der Waals surface area (Å²) >= 11 is 0. The fourth-order valence-electron chi connectivity index (χ4n) is 4.61. The van der Waals surface area contributed by atoms with Crippen molar-refractivity contribution in [2.75, 3.05) is 26.4 Å². The Hall–Kier alpha value is -2.59. The van der Waals surface area contributed by atoms with E-state index in [1.807, 2.05) is 12.2 Å². The third kappa shape index (κ3) is 35.8. The Morgan fingerprint density at radius 2 is 1.08 bits per heavy atom. The monoisotopic (exact) mass is 752 g/mol. The second-order valence-corrected chi connectivity index (χ2v) is 14.0. The van der Waals surface area contributed by atoms with Gasteiger partial charge in [-0.3, -0.25) is 18.6 Å². The standard InChI is InChI=1S/C41H69O10P/c1-3-5-7-9-11-13-15-17-18-19-20-21-23-25-27-29-31-33-41(45)51-39(37-50-52(46,47)49-35-38(43)34-42)36-48-40(44)32-30-28-26-24-22-16-14-12-10-8-6-4-2/h5,7,11-14,17-18,20-21,25,27,38-39,42-43H,3-4,6,8-10,15-16,19,22-24,26,28-37H2,1-2H3,(H,46,47)/b7-5-,13-11-,14-12-,18-17-,21-20-,27-25-/t38-,39+/m0/s1. The van der Waals surface area contributed by atoms with Crippen LogP contribution < -0.4 is 0 Å². The van der Waals surface area contributed by atoms with Crippen LogP contribution in [-0.2, 0) is 32.7 Å². The third-order valence-electron chi connectivity index (χ3n) is 7.59. The molecule has 0 aliphatic heterocycles. The zero-order valence-electron chi connectivity index (χ0n) is 32.0. The van der Waals surface area contributed by atoms with Crippen LogP contribution >= 0.6 is 7.82 Å². The molecule has 0 fully saturated rings. The van der Waals surface area contributed by atoms with Crippen LogP contribution in [0.2, 0.25) is 0 Å². The molecule has 0 spiro atoms. The number of carbonyl (C=O) groups is 2. The normalized spacial score (nSPS) is 14.8. The van der Waals surface area contributed by atoms with E-state index < -0.39 is 51.8 Å². The van der Waals surface area contributed by atoms with Crippen molar-refractivity contribution < 1.29 is 47.8 Å². The lowest BCUT2D eigenvalue weighted by Crippen LogP contribution is -2.29. The summed E-state index contributed by atoms with van der Waals surface area (Å²) in [5, 5.41) is 18.3. The van der Waals surface area contributed by atoms with Gasteiger partial charge in [0.2, 0.25) is 0 Å². The van der Waals surface area contributed by atoms with Crippen LogP contribution in [0.1, 0.15) is 136 Å². The number of ether oxygens (including phenoxy) is 2. The molecule has 0 rings (SSSR count). The molecule has 0 saturated heterocycles. The predicted molar refractivity (Wildman–Crippen MR) is 210 cm³/mol. The molecule has 3 atom stereocenters. The number of esters is 2. The lowest BCUT2D eigenvalue weighted by Gasteiger charge is -2.20. The van der Waals surface area contributed by atoms with E-state index >= 15 is 0 Å². The number of hydrogen-bond donors (Lipinski definition) is 3. The summed E-state index contributed by atoms with van der Waals surface area (Å²) in [5.41, 5.74) is 0. The van der Waals surface area contributed by atoms with Crippen LogP contribution in [0.15, 0.2) is 72.9 Å². The van der Waals surface area contributed by atoms with Crippen LogP contribution in [0.25, 0.3) is 0 Å². The van der Waals surface area contributed by atoms with Crippen molar-refractivity contribution in [2.24, 2.45) is 0 Å². The summed E-state index contributed by atoms with van der Waals surface area (Å²) in [6.07, 6.45) is 40.2. The summed E-state index contributed by atoms with van der Waals surface area (Å²) in [4.78, 5) is 34.8.